The molecular formula is C14H11ClN4. The normalized spacial score (nSPS) is 10.8. The molecule has 0 spiro atoms. The van der Waals surface area contributed by atoms with Crippen LogP contribution in [0.1, 0.15) is 5.56 Å². The second-order valence-corrected chi connectivity index (χ2v) is 4.60. The Hall–Kier alpha value is -2.20. The number of nitrogens with two attached hydrogens (primary N) is 1. The Morgan fingerprint density at radius 3 is 2.53 bits per heavy atom. The van der Waals surface area contributed by atoms with Crippen LogP contribution in [0.4, 0.5) is 5.82 Å². The first-order valence-corrected chi connectivity index (χ1v) is 6.19. The zero-order valence-electron chi connectivity index (χ0n) is 10.3. The van der Waals surface area contributed by atoms with Crippen molar-refractivity contribution in [3.63, 3.8) is 0 Å². The fourth-order valence-electron chi connectivity index (χ4n) is 2.08. The smallest absolute Gasteiger partial charge is 0.226 e. The van der Waals surface area contributed by atoms with E-state index in [4.69, 9.17) is 17.3 Å². The lowest BCUT2D eigenvalue weighted by atomic mass is 10.1. The number of rotatable bonds is 1. The molecule has 4 nitrogen and oxygen atoms in total. The van der Waals surface area contributed by atoms with Crippen LogP contribution < -0.4 is 5.73 Å². The molecule has 0 aliphatic carbocycles. The molecule has 0 amide bonds. The average molecular weight is 271 g/mol. The van der Waals surface area contributed by atoms with Gasteiger partial charge in [-0.25, -0.2) is 9.97 Å². The standard InChI is InChI=1S/C14H11ClN4/c1-8-7-10(9-5-3-2-4-6-9)17-13-11(8)12(16)18-14(15)19-13/h2-7H,1H3,(H2,16,17,18,19). The maximum absolute atomic E-state index is 5.87. The molecule has 0 atom stereocenters. The van der Waals surface area contributed by atoms with Crippen molar-refractivity contribution in [1.29, 1.82) is 0 Å². The zero-order chi connectivity index (χ0) is 13.4. The second-order valence-electron chi connectivity index (χ2n) is 4.27. The van der Waals surface area contributed by atoms with Crippen LogP contribution in [0.25, 0.3) is 22.3 Å². The fourth-order valence-corrected chi connectivity index (χ4v) is 2.25. The fraction of sp³-hybridized carbons (Fsp3) is 0.0714. The molecule has 3 aromatic rings. The number of aromatic nitrogens is 3. The molecule has 2 N–H and O–H groups in total. The minimum atomic E-state index is 0.113. The lowest BCUT2D eigenvalue weighted by Gasteiger charge is -2.07. The summed E-state index contributed by atoms with van der Waals surface area (Å²) in [6.45, 7) is 1.96. The Balaban J connectivity index is 2.31. The Morgan fingerprint density at radius 1 is 1.05 bits per heavy atom. The lowest BCUT2D eigenvalue weighted by molar-refractivity contribution is 1.18. The molecule has 3 rings (SSSR count). The first-order chi connectivity index (χ1) is 9.15. The molecule has 1 aromatic carbocycles. The number of aryl methyl sites for hydroxylation is 1. The summed E-state index contributed by atoms with van der Waals surface area (Å²) in [4.78, 5) is 12.6. The number of fused-ring (bicyclic) bond motifs is 1. The molecule has 5 heteroatoms. The van der Waals surface area contributed by atoms with Crippen LogP contribution in [0.15, 0.2) is 36.4 Å². The first kappa shape index (κ1) is 11.9. The Labute approximate surface area is 115 Å². The average Bonchev–Trinajstić information content (AvgIpc) is 2.38. The summed E-state index contributed by atoms with van der Waals surface area (Å²) in [5.74, 6) is 0.361. The van der Waals surface area contributed by atoms with Crippen LogP contribution in [0, 0.1) is 6.92 Å². The Morgan fingerprint density at radius 2 is 1.79 bits per heavy atom. The van der Waals surface area contributed by atoms with Crippen LogP contribution >= 0.6 is 11.6 Å². The largest absolute Gasteiger partial charge is 0.383 e. The summed E-state index contributed by atoms with van der Waals surface area (Å²) in [5, 5.41) is 0.867. The third-order valence-corrected chi connectivity index (χ3v) is 3.10. The van der Waals surface area contributed by atoms with Crippen LogP contribution in [-0.2, 0) is 0 Å². The molecule has 0 saturated carbocycles. The van der Waals surface area contributed by atoms with Crippen molar-refractivity contribution in [1.82, 2.24) is 15.0 Å². The van der Waals surface area contributed by atoms with Gasteiger partial charge >= 0.3 is 0 Å². The van der Waals surface area contributed by atoms with Crippen molar-refractivity contribution in [3.05, 3.63) is 47.2 Å². The number of hydrogen-bond donors (Lipinski definition) is 1. The van der Waals surface area contributed by atoms with E-state index >= 15 is 0 Å². The molecular weight excluding hydrogens is 260 g/mol. The van der Waals surface area contributed by atoms with Gasteiger partial charge in [-0.1, -0.05) is 30.3 Å². The summed E-state index contributed by atoms with van der Waals surface area (Å²) in [6, 6.07) is 11.9. The highest BCUT2D eigenvalue weighted by molar-refractivity contribution is 6.28. The van der Waals surface area contributed by atoms with E-state index in [1.165, 1.54) is 0 Å². The second kappa shape index (κ2) is 4.48. The predicted molar refractivity (Wildman–Crippen MR) is 76.9 cm³/mol. The van der Waals surface area contributed by atoms with Gasteiger partial charge in [-0.05, 0) is 30.2 Å². The van der Waals surface area contributed by atoms with Crippen molar-refractivity contribution >= 4 is 28.5 Å². The monoisotopic (exact) mass is 270 g/mol. The van der Waals surface area contributed by atoms with Gasteiger partial charge in [0.15, 0.2) is 5.65 Å². The van der Waals surface area contributed by atoms with E-state index < -0.39 is 0 Å². The van der Waals surface area contributed by atoms with E-state index in [0.29, 0.717) is 11.5 Å². The number of nitrogen functional groups attached to an aromatic ring is 1. The van der Waals surface area contributed by atoms with Gasteiger partial charge in [0.05, 0.1) is 11.1 Å². The molecule has 0 fully saturated rings. The van der Waals surface area contributed by atoms with E-state index in [1.807, 2.05) is 43.3 Å². The number of halogens is 1. The van der Waals surface area contributed by atoms with Crippen LogP contribution in [0.5, 0.6) is 0 Å². The first-order valence-electron chi connectivity index (χ1n) is 5.81. The summed E-state index contributed by atoms with van der Waals surface area (Å²) in [5.41, 5.74) is 9.26. The molecule has 2 aromatic heterocycles. The van der Waals surface area contributed by atoms with Gasteiger partial charge in [0.1, 0.15) is 5.82 Å². The van der Waals surface area contributed by atoms with Gasteiger partial charge in [-0.15, -0.1) is 0 Å². The highest BCUT2D eigenvalue weighted by Gasteiger charge is 2.10. The van der Waals surface area contributed by atoms with Crippen molar-refractivity contribution in [2.24, 2.45) is 0 Å². The molecule has 0 aliphatic heterocycles. The Bertz CT molecular complexity index is 756. The number of pyridine rings is 1. The molecule has 94 valence electrons. The van der Waals surface area contributed by atoms with E-state index in [1.54, 1.807) is 0 Å². The lowest BCUT2D eigenvalue weighted by Crippen LogP contribution is -1.99. The van der Waals surface area contributed by atoms with Crippen molar-refractivity contribution < 1.29 is 0 Å². The van der Waals surface area contributed by atoms with Crippen molar-refractivity contribution in [3.8, 4) is 11.3 Å². The number of hydrogen-bond acceptors (Lipinski definition) is 4. The Kier molecular flexibility index (Phi) is 2.80. The van der Waals surface area contributed by atoms with Gasteiger partial charge in [0.25, 0.3) is 0 Å². The van der Waals surface area contributed by atoms with E-state index in [0.717, 1.165) is 22.2 Å². The third-order valence-electron chi connectivity index (χ3n) is 2.93. The van der Waals surface area contributed by atoms with Crippen molar-refractivity contribution in [2.75, 3.05) is 5.73 Å². The topological polar surface area (TPSA) is 64.7 Å². The molecule has 0 radical (unpaired) electrons. The van der Waals surface area contributed by atoms with Crippen LogP contribution in [0.2, 0.25) is 5.28 Å². The molecule has 2 heterocycles. The molecule has 0 bridgehead atoms. The maximum atomic E-state index is 5.87. The molecule has 19 heavy (non-hydrogen) atoms. The van der Waals surface area contributed by atoms with Gasteiger partial charge < -0.3 is 5.73 Å². The van der Waals surface area contributed by atoms with E-state index in [9.17, 15) is 0 Å². The highest BCUT2D eigenvalue weighted by Crippen LogP contribution is 2.26. The number of anilines is 1. The molecule has 0 saturated heterocycles. The summed E-state index contributed by atoms with van der Waals surface area (Å²) in [7, 11) is 0. The predicted octanol–water partition coefficient (Wildman–Crippen LogP) is 3.24. The number of benzene rings is 1. The quantitative estimate of drug-likeness (QED) is 0.690. The van der Waals surface area contributed by atoms with E-state index in [-0.39, 0.29) is 5.28 Å². The molecule has 0 unspecified atom stereocenters. The van der Waals surface area contributed by atoms with Gasteiger partial charge in [0.2, 0.25) is 5.28 Å². The van der Waals surface area contributed by atoms with Crippen molar-refractivity contribution in [2.45, 2.75) is 6.92 Å². The van der Waals surface area contributed by atoms with E-state index in [2.05, 4.69) is 15.0 Å². The third kappa shape index (κ3) is 2.11. The minimum absolute atomic E-state index is 0.113. The van der Waals surface area contributed by atoms with Gasteiger partial charge in [0, 0.05) is 5.56 Å². The maximum Gasteiger partial charge on any atom is 0.226 e. The number of nitrogens with zero attached hydrogens (tertiary/aromatic N) is 3. The van der Waals surface area contributed by atoms with Crippen LogP contribution in [-0.4, -0.2) is 15.0 Å². The zero-order valence-corrected chi connectivity index (χ0v) is 11.0. The van der Waals surface area contributed by atoms with Gasteiger partial charge in [-0.3, -0.25) is 0 Å². The van der Waals surface area contributed by atoms with Gasteiger partial charge in [-0.2, -0.15) is 4.98 Å². The summed E-state index contributed by atoms with van der Waals surface area (Å²) in [6.07, 6.45) is 0. The SMILES string of the molecule is Cc1cc(-c2ccccc2)nc2nc(Cl)nc(N)c12. The summed E-state index contributed by atoms with van der Waals surface area (Å²) < 4.78 is 0. The minimum Gasteiger partial charge on any atom is -0.383 e. The highest BCUT2D eigenvalue weighted by atomic mass is 35.5. The van der Waals surface area contributed by atoms with Crippen LogP contribution in [0.3, 0.4) is 0 Å². The molecule has 0 aliphatic rings. The summed E-state index contributed by atoms with van der Waals surface area (Å²) >= 11 is 5.83.